The van der Waals surface area contributed by atoms with Crippen LogP contribution in [0.4, 0.5) is 0 Å². The van der Waals surface area contributed by atoms with Gasteiger partial charge in [-0.15, -0.1) is 0 Å². The number of nitriles is 1. The molecule has 5 nitrogen and oxygen atoms in total. The first-order valence-corrected chi connectivity index (χ1v) is 9.85. The SMILES string of the molecule is CC1(C)CC(=O)C2=C(C1)OC(N)=C(C#N)C2c1ccc(-c2ccc(Cl)cc2Cl)o1. The Morgan fingerprint density at radius 2 is 1.97 bits per heavy atom. The zero-order valence-corrected chi connectivity index (χ0v) is 17.4. The molecule has 1 unspecified atom stereocenters. The predicted molar refractivity (Wildman–Crippen MR) is 110 cm³/mol. The van der Waals surface area contributed by atoms with Crippen molar-refractivity contribution in [1.82, 2.24) is 0 Å². The normalized spacial score (nSPS) is 20.9. The van der Waals surface area contributed by atoms with Crippen LogP contribution in [0.25, 0.3) is 11.3 Å². The fourth-order valence-corrected chi connectivity index (χ4v) is 4.41. The molecule has 148 valence electrons. The number of carbonyl (C=O) groups excluding carboxylic acids is 1. The zero-order chi connectivity index (χ0) is 20.9. The highest BCUT2D eigenvalue weighted by atomic mass is 35.5. The van der Waals surface area contributed by atoms with Crippen molar-refractivity contribution in [2.45, 2.75) is 32.6 Å². The molecular formula is C22H18Cl2N2O3. The van der Waals surface area contributed by atoms with Gasteiger partial charge in [0.05, 0.1) is 10.9 Å². The molecule has 0 spiro atoms. The van der Waals surface area contributed by atoms with E-state index in [2.05, 4.69) is 6.07 Å². The number of nitrogens with zero attached hydrogens (tertiary/aromatic N) is 1. The van der Waals surface area contributed by atoms with Crippen molar-refractivity contribution >= 4 is 29.0 Å². The van der Waals surface area contributed by atoms with E-state index in [1.165, 1.54) is 0 Å². The van der Waals surface area contributed by atoms with E-state index in [-0.39, 0.29) is 22.7 Å². The number of furan rings is 1. The average molecular weight is 429 g/mol. The molecule has 0 fully saturated rings. The number of hydrogen-bond donors (Lipinski definition) is 1. The largest absolute Gasteiger partial charge is 0.460 e. The van der Waals surface area contributed by atoms with Gasteiger partial charge >= 0.3 is 0 Å². The molecule has 4 rings (SSSR count). The molecule has 1 aromatic heterocycles. The minimum absolute atomic E-state index is 0.00391. The van der Waals surface area contributed by atoms with Crippen LogP contribution in [0, 0.1) is 16.7 Å². The highest BCUT2D eigenvalue weighted by Gasteiger charge is 2.44. The van der Waals surface area contributed by atoms with E-state index in [0.29, 0.717) is 51.3 Å². The molecule has 7 heteroatoms. The van der Waals surface area contributed by atoms with Crippen molar-refractivity contribution in [1.29, 1.82) is 5.26 Å². The Hall–Kier alpha value is -2.68. The number of hydrogen-bond acceptors (Lipinski definition) is 5. The summed E-state index contributed by atoms with van der Waals surface area (Å²) in [5, 5.41) is 10.6. The summed E-state index contributed by atoms with van der Waals surface area (Å²) in [6, 6.07) is 10.7. The van der Waals surface area contributed by atoms with Crippen LogP contribution < -0.4 is 5.73 Å². The molecule has 2 heterocycles. The lowest BCUT2D eigenvalue weighted by atomic mass is 9.71. The maximum Gasteiger partial charge on any atom is 0.205 e. The van der Waals surface area contributed by atoms with E-state index < -0.39 is 5.92 Å². The monoisotopic (exact) mass is 428 g/mol. The molecule has 1 aromatic carbocycles. The van der Waals surface area contributed by atoms with Crippen molar-refractivity contribution in [2.75, 3.05) is 0 Å². The number of ketones is 1. The highest BCUT2D eigenvalue weighted by molar-refractivity contribution is 6.36. The van der Waals surface area contributed by atoms with Crippen molar-refractivity contribution in [3.8, 4) is 17.4 Å². The van der Waals surface area contributed by atoms with E-state index in [9.17, 15) is 10.1 Å². The number of carbonyl (C=O) groups is 1. The molecule has 0 saturated heterocycles. The zero-order valence-electron chi connectivity index (χ0n) is 15.9. The van der Waals surface area contributed by atoms with E-state index in [1.807, 2.05) is 13.8 Å². The number of ether oxygens (including phenoxy) is 1. The van der Waals surface area contributed by atoms with Crippen molar-refractivity contribution in [2.24, 2.45) is 11.1 Å². The maximum absolute atomic E-state index is 13.0. The summed E-state index contributed by atoms with van der Waals surface area (Å²) in [5.41, 5.74) is 7.06. The van der Waals surface area contributed by atoms with Crippen molar-refractivity contribution in [3.05, 3.63) is 68.9 Å². The van der Waals surface area contributed by atoms with Crippen LogP contribution in [-0.2, 0) is 9.53 Å². The lowest BCUT2D eigenvalue weighted by Crippen LogP contribution is -2.33. The first-order valence-electron chi connectivity index (χ1n) is 9.09. The first-order chi connectivity index (χ1) is 13.7. The van der Waals surface area contributed by atoms with Crippen LogP contribution >= 0.6 is 23.2 Å². The van der Waals surface area contributed by atoms with Gasteiger partial charge < -0.3 is 14.9 Å². The number of allylic oxidation sites excluding steroid dienone is 3. The molecule has 2 N–H and O–H groups in total. The van der Waals surface area contributed by atoms with Gasteiger partial charge in [-0.2, -0.15) is 5.26 Å². The molecule has 29 heavy (non-hydrogen) atoms. The Kier molecular flexibility index (Phi) is 4.72. The number of nitrogens with two attached hydrogens (primary N) is 1. The number of rotatable bonds is 2. The Bertz CT molecular complexity index is 1140. The molecule has 1 aliphatic heterocycles. The van der Waals surface area contributed by atoms with Crippen LogP contribution in [0.15, 0.2) is 57.5 Å². The smallest absolute Gasteiger partial charge is 0.205 e. The number of Topliss-reactive ketones (excluding diaryl/α,β-unsaturated/α-hetero) is 1. The van der Waals surface area contributed by atoms with Crippen LogP contribution in [0.2, 0.25) is 10.0 Å². The van der Waals surface area contributed by atoms with Gasteiger partial charge in [-0.1, -0.05) is 37.0 Å². The molecular weight excluding hydrogens is 411 g/mol. The summed E-state index contributed by atoms with van der Waals surface area (Å²) < 4.78 is 11.7. The fraction of sp³-hybridized carbons (Fsp3) is 0.273. The molecule has 2 aliphatic rings. The molecule has 0 saturated carbocycles. The van der Waals surface area contributed by atoms with Crippen LogP contribution in [-0.4, -0.2) is 5.78 Å². The van der Waals surface area contributed by atoms with Gasteiger partial charge in [0.15, 0.2) is 5.78 Å². The van der Waals surface area contributed by atoms with E-state index in [0.717, 1.165) is 0 Å². The minimum Gasteiger partial charge on any atom is -0.460 e. The second kappa shape index (κ2) is 6.98. The van der Waals surface area contributed by atoms with Gasteiger partial charge in [-0.3, -0.25) is 4.79 Å². The standard InChI is InChI=1S/C22H18Cl2N2O3/c1-22(2)8-15(27)20-18(9-22)29-21(26)13(10-25)19(20)17-6-5-16(28-17)12-4-3-11(23)7-14(12)24/h3-7,19H,8-9,26H2,1-2H3. The second-order valence-corrected chi connectivity index (χ2v) is 8.87. The molecule has 0 amide bonds. The molecule has 0 bridgehead atoms. The van der Waals surface area contributed by atoms with E-state index in [1.54, 1.807) is 30.3 Å². The number of halogens is 2. The lowest BCUT2D eigenvalue weighted by Gasteiger charge is -2.36. The molecule has 1 atom stereocenters. The summed E-state index contributed by atoms with van der Waals surface area (Å²) in [7, 11) is 0. The Labute approximate surface area is 178 Å². The maximum atomic E-state index is 13.0. The summed E-state index contributed by atoms with van der Waals surface area (Å²) in [6.45, 7) is 4.00. The van der Waals surface area contributed by atoms with E-state index in [4.69, 9.17) is 38.1 Å². The fourth-order valence-electron chi connectivity index (χ4n) is 3.91. The lowest BCUT2D eigenvalue weighted by molar-refractivity contribution is -0.119. The Morgan fingerprint density at radius 3 is 2.66 bits per heavy atom. The summed E-state index contributed by atoms with van der Waals surface area (Å²) in [4.78, 5) is 13.0. The molecule has 2 aromatic rings. The van der Waals surface area contributed by atoms with Gasteiger partial charge in [0, 0.05) is 29.0 Å². The van der Waals surface area contributed by atoms with Crippen LogP contribution in [0.5, 0.6) is 0 Å². The van der Waals surface area contributed by atoms with E-state index >= 15 is 0 Å². The topological polar surface area (TPSA) is 89.2 Å². The molecule has 0 radical (unpaired) electrons. The third kappa shape index (κ3) is 3.43. The predicted octanol–water partition coefficient (Wildman–Crippen LogP) is 5.70. The third-order valence-electron chi connectivity index (χ3n) is 5.18. The van der Waals surface area contributed by atoms with Crippen molar-refractivity contribution < 1.29 is 13.9 Å². The quantitative estimate of drug-likeness (QED) is 0.661. The highest BCUT2D eigenvalue weighted by Crippen LogP contribution is 2.48. The summed E-state index contributed by atoms with van der Waals surface area (Å²) >= 11 is 12.3. The molecule has 1 aliphatic carbocycles. The second-order valence-electron chi connectivity index (χ2n) is 8.03. The van der Waals surface area contributed by atoms with Gasteiger partial charge in [-0.25, -0.2) is 0 Å². The third-order valence-corrected chi connectivity index (χ3v) is 5.73. The van der Waals surface area contributed by atoms with Crippen LogP contribution in [0.1, 0.15) is 38.4 Å². The van der Waals surface area contributed by atoms with Gasteiger partial charge in [0.25, 0.3) is 0 Å². The summed E-state index contributed by atoms with van der Waals surface area (Å²) in [5.74, 6) is 0.694. The van der Waals surface area contributed by atoms with Gasteiger partial charge in [0.2, 0.25) is 5.88 Å². The first kappa shape index (κ1) is 19.6. The van der Waals surface area contributed by atoms with Crippen LogP contribution in [0.3, 0.4) is 0 Å². The number of benzene rings is 1. The summed E-state index contributed by atoms with van der Waals surface area (Å²) in [6.07, 6.45) is 0.918. The Balaban J connectivity index is 1.83. The van der Waals surface area contributed by atoms with Gasteiger partial charge in [0.1, 0.15) is 28.9 Å². The Morgan fingerprint density at radius 1 is 1.21 bits per heavy atom. The minimum atomic E-state index is -0.702. The van der Waals surface area contributed by atoms with Crippen molar-refractivity contribution in [3.63, 3.8) is 0 Å². The average Bonchev–Trinajstić information content (AvgIpc) is 3.08. The van der Waals surface area contributed by atoms with Gasteiger partial charge in [-0.05, 0) is 35.7 Å².